The Morgan fingerprint density at radius 1 is 0.833 bits per heavy atom. The summed E-state index contributed by atoms with van der Waals surface area (Å²) in [6.45, 7) is 5.08. The minimum atomic E-state index is -0.268. The summed E-state index contributed by atoms with van der Waals surface area (Å²) in [6, 6.07) is 29.3. The average Bonchev–Trinajstić information content (AvgIpc) is 3.59. The number of aryl methyl sites for hydroxylation is 1. The highest BCUT2D eigenvalue weighted by Gasteiger charge is 2.38. The van der Waals surface area contributed by atoms with Gasteiger partial charge in [0.15, 0.2) is 0 Å². The van der Waals surface area contributed by atoms with Crippen LogP contribution in [0.4, 0.5) is 5.69 Å². The van der Waals surface area contributed by atoms with Gasteiger partial charge in [-0.15, -0.1) is 0 Å². The molecule has 0 aromatic heterocycles. The zero-order valence-corrected chi connectivity index (χ0v) is 24.7. The van der Waals surface area contributed by atoms with E-state index >= 15 is 0 Å². The lowest BCUT2D eigenvalue weighted by Crippen LogP contribution is -2.43. The Kier molecular flexibility index (Phi) is 8.85. The molecule has 0 saturated carbocycles. The minimum Gasteiger partial charge on any atom is -0.342 e. The van der Waals surface area contributed by atoms with Crippen molar-refractivity contribution >= 4 is 23.6 Å². The van der Waals surface area contributed by atoms with Crippen molar-refractivity contribution in [2.75, 3.05) is 44.2 Å². The number of benzene rings is 3. The number of carbonyl (C=O) groups excluding carboxylic acids is 2. The highest BCUT2D eigenvalue weighted by Crippen LogP contribution is 2.43. The number of fused-ring (bicyclic) bond motifs is 2. The summed E-state index contributed by atoms with van der Waals surface area (Å²) < 4.78 is 0. The van der Waals surface area contributed by atoms with Gasteiger partial charge in [-0.05, 0) is 87.0 Å². The van der Waals surface area contributed by atoms with E-state index in [9.17, 15) is 9.59 Å². The molecule has 218 valence electrons. The highest BCUT2D eigenvalue weighted by atomic mass is 16.2. The maximum absolute atomic E-state index is 13.8. The fraction of sp³-hybridized carbons (Fsp3) is 0.405. The normalized spacial score (nSPS) is 19.4. The van der Waals surface area contributed by atoms with Crippen LogP contribution in [0.5, 0.6) is 0 Å². The molecule has 2 aliphatic heterocycles. The molecule has 5 nitrogen and oxygen atoms in total. The molecule has 2 saturated heterocycles. The number of amides is 2. The number of hydrogen-bond donors (Lipinski definition) is 0. The van der Waals surface area contributed by atoms with Crippen molar-refractivity contribution in [1.82, 2.24) is 9.80 Å². The monoisotopic (exact) mass is 561 g/mol. The van der Waals surface area contributed by atoms with Gasteiger partial charge in [0.1, 0.15) is 0 Å². The minimum absolute atomic E-state index is 0.0895. The molecule has 6 rings (SSSR count). The predicted octanol–water partition coefficient (Wildman–Crippen LogP) is 6.34. The van der Waals surface area contributed by atoms with E-state index in [1.165, 1.54) is 16.7 Å². The molecule has 0 N–H and O–H groups in total. The van der Waals surface area contributed by atoms with Crippen LogP contribution in [0, 0.1) is 5.92 Å². The number of piperidine rings is 1. The maximum Gasteiger partial charge on any atom is 0.232 e. The van der Waals surface area contributed by atoms with Crippen LogP contribution in [0.15, 0.2) is 91.0 Å². The number of carbonyl (C=O) groups is 2. The molecule has 1 spiro atoms. The van der Waals surface area contributed by atoms with Crippen molar-refractivity contribution in [1.29, 1.82) is 0 Å². The Morgan fingerprint density at radius 2 is 1.55 bits per heavy atom. The standard InChI is InChI=1S/C37H43N3O2/c41-35-28-32(29-39(35)24-10-9-14-30-12-3-1-4-13-30)36(42)40(33-16-5-2-6-17-33)25-11-23-38-26-21-37(22-27-38)20-19-31-15-7-8-18-34(31)37/h1-8,12-13,15-20,32H,9-11,14,21-29H2. The second-order valence-corrected chi connectivity index (χ2v) is 12.3. The van der Waals surface area contributed by atoms with Gasteiger partial charge in [0.25, 0.3) is 0 Å². The van der Waals surface area contributed by atoms with E-state index in [2.05, 4.69) is 65.6 Å². The molecule has 2 fully saturated rings. The van der Waals surface area contributed by atoms with Crippen LogP contribution in [0.2, 0.25) is 0 Å². The molecule has 3 aromatic rings. The van der Waals surface area contributed by atoms with Crippen molar-refractivity contribution in [3.63, 3.8) is 0 Å². The SMILES string of the molecule is O=C1CC(C(=O)N(CCCN2CCC3(C=Cc4ccccc43)CC2)c2ccccc2)CN1CCCCc1ccccc1. The third-order valence-electron chi connectivity index (χ3n) is 9.57. The first-order chi connectivity index (χ1) is 20.6. The van der Waals surface area contributed by atoms with Gasteiger partial charge in [0.2, 0.25) is 11.8 Å². The van der Waals surface area contributed by atoms with Gasteiger partial charge in [-0.25, -0.2) is 0 Å². The Labute approximate surface area is 250 Å². The summed E-state index contributed by atoms with van der Waals surface area (Å²) in [4.78, 5) is 33.1. The molecule has 1 unspecified atom stereocenters. The van der Waals surface area contributed by atoms with Gasteiger partial charge in [0, 0.05) is 37.2 Å². The predicted molar refractivity (Wildman–Crippen MR) is 170 cm³/mol. The molecule has 3 aliphatic rings. The van der Waals surface area contributed by atoms with Crippen LogP contribution in [-0.2, 0) is 21.4 Å². The van der Waals surface area contributed by atoms with Crippen molar-refractivity contribution in [3.05, 3.63) is 108 Å². The molecule has 0 radical (unpaired) electrons. The van der Waals surface area contributed by atoms with Crippen LogP contribution >= 0.6 is 0 Å². The summed E-state index contributed by atoms with van der Waals surface area (Å²) in [6.07, 6.45) is 11.3. The van der Waals surface area contributed by atoms with Crippen molar-refractivity contribution in [2.45, 2.75) is 50.4 Å². The number of unbranched alkanes of at least 4 members (excludes halogenated alkanes) is 1. The summed E-state index contributed by atoms with van der Waals surface area (Å²) in [7, 11) is 0. The highest BCUT2D eigenvalue weighted by molar-refractivity contribution is 5.99. The van der Waals surface area contributed by atoms with E-state index in [0.29, 0.717) is 19.5 Å². The van der Waals surface area contributed by atoms with Gasteiger partial charge in [-0.2, -0.15) is 0 Å². The number of likely N-dealkylation sites (tertiary alicyclic amines) is 2. The summed E-state index contributed by atoms with van der Waals surface area (Å²) in [5.74, 6) is -0.0617. The van der Waals surface area contributed by atoms with E-state index in [1.54, 1.807) is 0 Å². The second-order valence-electron chi connectivity index (χ2n) is 12.3. The molecule has 3 aromatic carbocycles. The summed E-state index contributed by atoms with van der Waals surface area (Å²) >= 11 is 0. The summed E-state index contributed by atoms with van der Waals surface area (Å²) in [5.41, 5.74) is 5.32. The summed E-state index contributed by atoms with van der Waals surface area (Å²) in [5, 5.41) is 0. The largest absolute Gasteiger partial charge is 0.342 e. The number of hydrogen-bond acceptors (Lipinski definition) is 3. The Bertz CT molecular complexity index is 1380. The Morgan fingerprint density at radius 3 is 2.33 bits per heavy atom. The van der Waals surface area contributed by atoms with Gasteiger partial charge in [-0.1, -0.05) is 84.9 Å². The molecular formula is C37H43N3O2. The average molecular weight is 562 g/mol. The molecular weight excluding hydrogens is 518 g/mol. The molecule has 42 heavy (non-hydrogen) atoms. The third-order valence-corrected chi connectivity index (χ3v) is 9.57. The van der Waals surface area contributed by atoms with Gasteiger partial charge >= 0.3 is 0 Å². The third kappa shape index (κ3) is 6.37. The Balaban J connectivity index is 1.00. The van der Waals surface area contributed by atoms with E-state index in [-0.39, 0.29) is 23.1 Å². The molecule has 2 heterocycles. The van der Waals surface area contributed by atoms with Gasteiger partial charge in [-0.3, -0.25) is 9.59 Å². The number of rotatable bonds is 11. The molecule has 1 atom stereocenters. The lowest BCUT2D eigenvalue weighted by Gasteiger charge is -2.39. The fourth-order valence-corrected chi connectivity index (χ4v) is 7.12. The second kappa shape index (κ2) is 13.1. The maximum atomic E-state index is 13.8. The number of para-hydroxylation sites is 1. The zero-order chi connectivity index (χ0) is 28.8. The number of allylic oxidation sites excluding steroid dienone is 1. The van der Waals surface area contributed by atoms with Crippen LogP contribution in [0.1, 0.15) is 55.2 Å². The van der Waals surface area contributed by atoms with Crippen molar-refractivity contribution in [3.8, 4) is 0 Å². The van der Waals surface area contributed by atoms with E-state index in [4.69, 9.17) is 0 Å². The lowest BCUT2D eigenvalue weighted by atomic mass is 9.74. The topological polar surface area (TPSA) is 43.9 Å². The van der Waals surface area contributed by atoms with E-state index < -0.39 is 0 Å². The number of anilines is 1. The smallest absolute Gasteiger partial charge is 0.232 e. The van der Waals surface area contributed by atoms with Crippen LogP contribution in [0.3, 0.4) is 0 Å². The first-order valence-corrected chi connectivity index (χ1v) is 15.8. The van der Waals surface area contributed by atoms with Crippen molar-refractivity contribution in [2.24, 2.45) is 5.92 Å². The van der Waals surface area contributed by atoms with E-state index in [1.807, 2.05) is 46.2 Å². The lowest BCUT2D eigenvalue weighted by molar-refractivity contribution is -0.128. The fourth-order valence-electron chi connectivity index (χ4n) is 7.12. The van der Waals surface area contributed by atoms with Gasteiger partial charge < -0.3 is 14.7 Å². The molecule has 1 aliphatic carbocycles. The Hall–Kier alpha value is -3.70. The zero-order valence-electron chi connectivity index (χ0n) is 24.7. The molecule has 0 bridgehead atoms. The van der Waals surface area contributed by atoms with Crippen LogP contribution in [0.25, 0.3) is 6.08 Å². The number of nitrogens with zero attached hydrogens (tertiary/aromatic N) is 3. The van der Waals surface area contributed by atoms with Crippen LogP contribution < -0.4 is 4.90 Å². The first kappa shape index (κ1) is 28.4. The van der Waals surface area contributed by atoms with Crippen LogP contribution in [-0.4, -0.2) is 60.9 Å². The molecule has 5 heteroatoms. The molecule has 2 amide bonds. The first-order valence-electron chi connectivity index (χ1n) is 15.8. The van der Waals surface area contributed by atoms with Gasteiger partial charge in [0.05, 0.1) is 5.92 Å². The quantitative estimate of drug-likeness (QED) is 0.257. The van der Waals surface area contributed by atoms with Crippen molar-refractivity contribution < 1.29 is 9.59 Å². The van der Waals surface area contributed by atoms with E-state index in [0.717, 1.165) is 70.4 Å².